The largest absolute Gasteiger partial charge is 0.870 e. The monoisotopic (exact) mass is 444 g/mol. The summed E-state index contributed by atoms with van der Waals surface area (Å²) in [6.45, 7) is 6.44. The number of rotatable bonds is 5. The molecule has 0 unspecified atom stereocenters. The van der Waals surface area contributed by atoms with Gasteiger partial charge >= 0.3 is 0 Å². The topological polar surface area (TPSA) is 114 Å². The number of fused-ring (bicyclic) bond motifs is 1. The summed E-state index contributed by atoms with van der Waals surface area (Å²) in [7, 11) is 1.29. The molecule has 8 heteroatoms. The summed E-state index contributed by atoms with van der Waals surface area (Å²) in [5.74, 6) is -0.0759. The number of aromatic nitrogens is 1. The number of hydrogen-bond acceptors (Lipinski definition) is 7. The summed E-state index contributed by atoms with van der Waals surface area (Å²) in [4.78, 5) is 19.4. The van der Waals surface area contributed by atoms with Crippen LogP contribution in [0.3, 0.4) is 0 Å². The molecule has 0 amide bonds. The van der Waals surface area contributed by atoms with Crippen LogP contribution in [0.5, 0.6) is 11.5 Å². The minimum Gasteiger partial charge on any atom is -0.870 e. The Morgan fingerprint density at radius 2 is 1.82 bits per heavy atom. The van der Waals surface area contributed by atoms with Crippen molar-refractivity contribution in [3.8, 4) is 23.0 Å². The van der Waals surface area contributed by atoms with Gasteiger partial charge in [-0.15, -0.1) is 0 Å². The predicted octanol–water partition coefficient (Wildman–Crippen LogP) is 5.53. The van der Waals surface area contributed by atoms with E-state index < -0.39 is 10.7 Å². The third-order valence-corrected chi connectivity index (χ3v) is 5.22. The van der Waals surface area contributed by atoms with Crippen molar-refractivity contribution < 1.29 is 19.2 Å². The molecule has 0 spiro atoms. The number of non-ortho nitro benzene ring substituents is 1. The maximum Gasteiger partial charge on any atom is 0.273 e. The Balaban J connectivity index is 1.60. The number of benzene rings is 3. The number of nitrogens with zero attached hydrogens (tertiary/aromatic N) is 3. The molecule has 4 rings (SSSR count). The fraction of sp³-hybridized carbons (Fsp3) is 0.200. The van der Waals surface area contributed by atoms with Crippen LogP contribution in [0, 0.1) is 10.1 Å². The summed E-state index contributed by atoms with van der Waals surface area (Å²) in [5, 5.41) is 23.4. The summed E-state index contributed by atoms with van der Waals surface area (Å²) in [5.41, 5.74) is 3.87. The maximum absolute atomic E-state index is 12.3. The first kappa shape index (κ1) is 22.0. The van der Waals surface area contributed by atoms with Gasteiger partial charge in [-0.2, -0.15) is 0 Å². The first-order valence-electron chi connectivity index (χ1n) is 10.2. The quantitative estimate of drug-likeness (QED) is 0.227. The van der Waals surface area contributed by atoms with E-state index in [9.17, 15) is 15.2 Å². The van der Waals surface area contributed by atoms with E-state index >= 15 is 0 Å². The molecule has 3 aromatic carbocycles. The van der Waals surface area contributed by atoms with Gasteiger partial charge in [0.15, 0.2) is 5.58 Å². The molecular weight excluding hydrogens is 422 g/mol. The predicted molar refractivity (Wildman–Crippen MR) is 124 cm³/mol. The van der Waals surface area contributed by atoms with Gasteiger partial charge in [0, 0.05) is 17.8 Å². The molecule has 4 aromatic rings. The maximum atomic E-state index is 12.3. The van der Waals surface area contributed by atoms with Gasteiger partial charge in [-0.05, 0) is 52.9 Å². The third-order valence-electron chi connectivity index (χ3n) is 5.22. The lowest BCUT2D eigenvalue weighted by atomic mass is 9.87. The lowest BCUT2D eigenvalue weighted by Gasteiger charge is -2.18. The summed E-state index contributed by atoms with van der Waals surface area (Å²) >= 11 is 0. The highest BCUT2D eigenvalue weighted by Gasteiger charge is 2.16. The highest BCUT2D eigenvalue weighted by atomic mass is 16.6. The van der Waals surface area contributed by atoms with E-state index in [-0.39, 0.29) is 22.4 Å². The lowest BCUT2D eigenvalue weighted by Crippen LogP contribution is -2.10. The Hall–Kier alpha value is -4.20. The van der Waals surface area contributed by atoms with E-state index in [2.05, 4.69) is 30.7 Å². The molecule has 0 saturated heterocycles. The van der Waals surface area contributed by atoms with Gasteiger partial charge in [0.05, 0.1) is 23.8 Å². The zero-order valence-corrected chi connectivity index (χ0v) is 18.7. The SMILES string of the molecule is COc1cc([N+](=O)[O-])cc(C=Nc2ccc(-c3nc4cc(C(C)(C)C)ccc4o3)cc2)c1[O-]. The number of ether oxygens (including phenoxy) is 1. The van der Waals surface area contributed by atoms with Crippen molar-refractivity contribution in [2.45, 2.75) is 26.2 Å². The van der Waals surface area contributed by atoms with Crippen molar-refractivity contribution in [3.05, 3.63) is 75.8 Å². The van der Waals surface area contributed by atoms with Crippen LogP contribution in [0.25, 0.3) is 22.6 Å². The molecular formula is C25H22N3O5-. The van der Waals surface area contributed by atoms with E-state index in [4.69, 9.17) is 9.15 Å². The molecule has 1 heterocycles. The minimum absolute atomic E-state index is 0.0140. The lowest BCUT2D eigenvalue weighted by molar-refractivity contribution is -0.385. The number of nitro groups is 1. The van der Waals surface area contributed by atoms with Crippen LogP contribution < -0.4 is 9.84 Å². The van der Waals surface area contributed by atoms with Gasteiger partial charge in [-0.3, -0.25) is 15.1 Å². The van der Waals surface area contributed by atoms with Crippen LogP contribution in [-0.2, 0) is 5.41 Å². The number of methoxy groups -OCH3 is 1. The first-order valence-corrected chi connectivity index (χ1v) is 10.2. The molecule has 0 N–H and O–H groups in total. The van der Waals surface area contributed by atoms with E-state index in [1.54, 1.807) is 12.1 Å². The van der Waals surface area contributed by atoms with Crippen molar-refractivity contribution in [2.24, 2.45) is 4.99 Å². The fourth-order valence-electron chi connectivity index (χ4n) is 3.31. The van der Waals surface area contributed by atoms with Gasteiger partial charge < -0.3 is 14.3 Å². The molecule has 33 heavy (non-hydrogen) atoms. The number of hydrogen-bond donors (Lipinski definition) is 0. The summed E-state index contributed by atoms with van der Waals surface area (Å²) in [6.07, 6.45) is 1.29. The van der Waals surface area contributed by atoms with Crippen molar-refractivity contribution in [2.75, 3.05) is 7.11 Å². The molecule has 0 atom stereocenters. The van der Waals surface area contributed by atoms with Crippen molar-refractivity contribution >= 4 is 28.7 Å². The highest BCUT2D eigenvalue weighted by Crippen LogP contribution is 2.32. The van der Waals surface area contributed by atoms with Crippen LogP contribution in [-0.4, -0.2) is 23.2 Å². The van der Waals surface area contributed by atoms with Crippen LogP contribution in [0.2, 0.25) is 0 Å². The second-order valence-corrected chi connectivity index (χ2v) is 8.58. The van der Waals surface area contributed by atoms with Gasteiger partial charge in [-0.25, -0.2) is 4.98 Å². The molecule has 0 fully saturated rings. The zero-order chi connectivity index (χ0) is 23.8. The summed E-state index contributed by atoms with van der Waals surface area (Å²) < 4.78 is 10.8. The molecule has 0 aliphatic heterocycles. The molecule has 0 saturated carbocycles. The number of aliphatic imine (C=N–C) groups is 1. The average Bonchev–Trinajstić information content (AvgIpc) is 3.21. The smallest absolute Gasteiger partial charge is 0.273 e. The average molecular weight is 444 g/mol. The normalized spacial score (nSPS) is 11.9. The summed E-state index contributed by atoms with van der Waals surface area (Å²) in [6, 6.07) is 15.4. The molecule has 1 aromatic heterocycles. The van der Waals surface area contributed by atoms with Gasteiger partial charge in [-0.1, -0.05) is 32.6 Å². The molecule has 0 aliphatic carbocycles. The van der Waals surface area contributed by atoms with E-state index in [1.807, 2.05) is 30.3 Å². The Morgan fingerprint density at radius 3 is 2.45 bits per heavy atom. The Bertz CT molecular complexity index is 1370. The minimum atomic E-state index is -0.584. The van der Waals surface area contributed by atoms with E-state index in [1.165, 1.54) is 25.0 Å². The number of oxazole rings is 1. The Morgan fingerprint density at radius 1 is 1.09 bits per heavy atom. The standard InChI is InChI=1S/C25H23N3O5/c1-25(2,3)17-7-10-21-20(12-17)27-24(33-21)15-5-8-18(9-6-15)26-14-16-11-19(28(30)31)13-22(32-4)23(16)29/h5-14,29H,1-4H3/p-1. The van der Waals surface area contributed by atoms with E-state index in [0.717, 1.165) is 17.1 Å². The van der Waals surface area contributed by atoms with Crippen LogP contribution in [0.15, 0.2) is 64.0 Å². The Kier molecular flexibility index (Phi) is 5.59. The molecule has 0 radical (unpaired) electrons. The third kappa shape index (κ3) is 4.55. The second-order valence-electron chi connectivity index (χ2n) is 8.58. The molecule has 8 nitrogen and oxygen atoms in total. The number of nitro benzene ring substituents is 1. The van der Waals surface area contributed by atoms with Crippen LogP contribution >= 0.6 is 0 Å². The van der Waals surface area contributed by atoms with Crippen molar-refractivity contribution in [1.29, 1.82) is 0 Å². The van der Waals surface area contributed by atoms with Gasteiger partial charge in [0.2, 0.25) is 5.89 Å². The zero-order valence-electron chi connectivity index (χ0n) is 18.7. The van der Waals surface area contributed by atoms with Gasteiger partial charge in [0.1, 0.15) is 11.3 Å². The van der Waals surface area contributed by atoms with Crippen LogP contribution in [0.1, 0.15) is 31.9 Å². The highest BCUT2D eigenvalue weighted by molar-refractivity contribution is 5.88. The Labute approximate surface area is 190 Å². The van der Waals surface area contributed by atoms with Crippen molar-refractivity contribution in [1.82, 2.24) is 4.98 Å². The van der Waals surface area contributed by atoms with Gasteiger partial charge in [0.25, 0.3) is 5.69 Å². The molecule has 0 bridgehead atoms. The van der Waals surface area contributed by atoms with Crippen molar-refractivity contribution in [3.63, 3.8) is 0 Å². The van der Waals surface area contributed by atoms with Crippen LogP contribution in [0.4, 0.5) is 11.4 Å². The molecule has 168 valence electrons. The van der Waals surface area contributed by atoms with E-state index in [0.29, 0.717) is 17.2 Å². The molecule has 0 aliphatic rings. The fourth-order valence-corrected chi connectivity index (χ4v) is 3.31. The first-order chi connectivity index (χ1) is 15.7. The second kappa shape index (κ2) is 8.38.